The van der Waals surface area contributed by atoms with Crippen molar-refractivity contribution < 1.29 is 9.59 Å². The molecule has 2 N–H and O–H groups in total. The summed E-state index contributed by atoms with van der Waals surface area (Å²) in [4.78, 5) is 27.9. The van der Waals surface area contributed by atoms with Crippen LogP contribution in [0.3, 0.4) is 0 Å². The van der Waals surface area contributed by atoms with Crippen molar-refractivity contribution in [3.05, 3.63) is 59.2 Å². The SMILES string of the molecule is O=C(CCC1CCCC1)Nc1ccc(N2CCc3ccccc3C2)c(C(=O)NC2CC2)c1. The molecule has 0 unspecified atom stereocenters. The Morgan fingerprint density at radius 1 is 0.969 bits per heavy atom. The van der Waals surface area contributed by atoms with E-state index >= 15 is 0 Å². The molecule has 168 valence electrons. The number of hydrogen-bond donors (Lipinski definition) is 2. The third kappa shape index (κ3) is 4.98. The van der Waals surface area contributed by atoms with Crippen LogP contribution in [0.5, 0.6) is 0 Å². The van der Waals surface area contributed by atoms with Gasteiger partial charge in [0.2, 0.25) is 5.91 Å². The second kappa shape index (κ2) is 9.35. The molecule has 1 heterocycles. The highest BCUT2D eigenvalue weighted by Crippen LogP contribution is 2.31. The number of benzene rings is 2. The lowest BCUT2D eigenvalue weighted by Gasteiger charge is -2.32. The van der Waals surface area contributed by atoms with Gasteiger partial charge in [0.15, 0.2) is 0 Å². The summed E-state index contributed by atoms with van der Waals surface area (Å²) >= 11 is 0. The highest BCUT2D eigenvalue weighted by Gasteiger charge is 2.27. The highest BCUT2D eigenvalue weighted by atomic mass is 16.2. The lowest BCUT2D eigenvalue weighted by atomic mass is 9.98. The number of nitrogens with one attached hydrogen (secondary N) is 2. The molecule has 0 saturated heterocycles. The Labute approximate surface area is 190 Å². The predicted octanol–water partition coefficient (Wildman–Crippen LogP) is 5.05. The number of rotatable bonds is 7. The molecule has 3 aliphatic rings. The van der Waals surface area contributed by atoms with Gasteiger partial charge in [0.05, 0.1) is 5.56 Å². The summed E-state index contributed by atoms with van der Waals surface area (Å²) in [6.45, 7) is 1.68. The van der Waals surface area contributed by atoms with Gasteiger partial charge in [-0.25, -0.2) is 0 Å². The lowest BCUT2D eigenvalue weighted by molar-refractivity contribution is -0.116. The number of nitrogens with zero attached hydrogens (tertiary/aromatic N) is 1. The summed E-state index contributed by atoms with van der Waals surface area (Å²) in [6, 6.07) is 14.6. The molecular weight excluding hydrogens is 398 g/mol. The van der Waals surface area contributed by atoms with E-state index in [1.165, 1.54) is 36.8 Å². The Morgan fingerprint density at radius 3 is 2.53 bits per heavy atom. The molecule has 2 aromatic carbocycles. The maximum absolute atomic E-state index is 13.1. The van der Waals surface area contributed by atoms with Crippen LogP contribution in [-0.2, 0) is 17.8 Å². The molecule has 5 nitrogen and oxygen atoms in total. The van der Waals surface area contributed by atoms with Crippen LogP contribution < -0.4 is 15.5 Å². The number of hydrogen-bond acceptors (Lipinski definition) is 3. The van der Waals surface area contributed by atoms with Crippen LogP contribution >= 0.6 is 0 Å². The van der Waals surface area contributed by atoms with Gasteiger partial charge in [-0.15, -0.1) is 0 Å². The molecule has 1 aliphatic heterocycles. The van der Waals surface area contributed by atoms with Gasteiger partial charge >= 0.3 is 0 Å². The van der Waals surface area contributed by atoms with Crippen LogP contribution in [0, 0.1) is 5.92 Å². The van der Waals surface area contributed by atoms with E-state index in [1.54, 1.807) is 0 Å². The van der Waals surface area contributed by atoms with Gasteiger partial charge in [-0.1, -0.05) is 49.9 Å². The maximum Gasteiger partial charge on any atom is 0.253 e. The number of carbonyl (C=O) groups is 2. The van der Waals surface area contributed by atoms with Crippen LogP contribution in [0.4, 0.5) is 11.4 Å². The standard InChI is InChI=1S/C27H33N3O2/c31-26(14-9-19-5-1-2-6-19)28-23-12-13-25(24(17-23)27(32)29-22-10-11-22)30-16-15-20-7-3-4-8-21(20)18-30/h3-4,7-8,12-13,17,19,22H,1-2,5-6,9-11,14-16,18H2,(H,28,31)(H,29,32). The van der Waals surface area contributed by atoms with Crippen LogP contribution in [0.1, 0.15) is 72.9 Å². The van der Waals surface area contributed by atoms with Crippen molar-refractivity contribution >= 4 is 23.2 Å². The summed E-state index contributed by atoms with van der Waals surface area (Å²) in [5.41, 5.74) is 5.02. The van der Waals surface area contributed by atoms with Gasteiger partial charge in [0.25, 0.3) is 5.91 Å². The molecular formula is C27H33N3O2. The zero-order chi connectivity index (χ0) is 21.9. The first-order valence-electron chi connectivity index (χ1n) is 12.2. The number of carbonyl (C=O) groups excluding carboxylic acids is 2. The molecule has 0 bridgehead atoms. The molecule has 5 heteroatoms. The van der Waals surface area contributed by atoms with Gasteiger partial charge in [-0.2, -0.15) is 0 Å². The minimum atomic E-state index is -0.0385. The summed E-state index contributed by atoms with van der Waals surface area (Å²) in [6.07, 6.45) is 9.71. The first kappa shape index (κ1) is 21.0. The van der Waals surface area contributed by atoms with E-state index in [-0.39, 0.29) is 11.8 Å². The molecule has 2 aliphatic carbocycles. The van der Waals surface area contributed by atoms with Crippen molar-refractivity contribution in [3.8, 4) is 0 Å². The van der Waals surface area contributed by atoms with E-state index in [0.717, 1.165) is 44.5 Å². The summed E-state index contributed by atoms with van der Waals surface area (Å²) in [5.74, 6) is 0.707. The molecule has 2 aromatic rings. The van der Waals surface area contributed by atoms with Crippen molar-refractivity contribution in [3.63, 3.8) is 0 Å². The summed E-state index contributed by atoms with van der Waals surface area (Å²) in [7, 11) is 0. The van der Waals surface area contributed by atoms with Crippen molar-refractivity contribution in [2.45, 2.75) is 70.4 Å². The van der Waals surface area contributed by atoms with Gasteiger partial charge in [0.1, 0.15) is 0 Å². The third-order valence-corrected chi connectivity index (χ3v) is 7.16. The van der Waals surface area contributed by atoms with Gasteiger partial charge in [-0.05, 0) is 60.9 Å². The fourth-order valence-electron chi connectivity index (χ4n) is 5.12. The van der Waals surface area contributed by atoms with Crippen LogP contribution in [0.2, 0.25) is 0 Å². The highest BCUT2D eigenvalue weighted by molar-refractivity contribution is 6.02. The van der Waals surface area contributed by atoms with E-state index in [0.29, 0.717) is 29.6 Å². The first-order valence-corrected chi connectivity index (χ1v) is 12.2. The Morgan fingerprint density at radius 2 is 1.75 bits per heavy atom. The van der Waals surface area contributed by atoms with E-state index in [2.05, 4.69) is 39.8 Å². The average molecular weight is 432 g/mol. The normalized spacial score (nSPS) is 18.3. The summed E-state index contributed by atoms with van der Waals surface area (Å²) < 4.78 is 0. The van der Waals surface area contributed by atoms with Crippen molar-refractivity contribution in [2.24, 2.45) is 5.92 Å². The molecule has 2 fully saturated rings. The minimum Gasteiger partial charge on any atom is -0.366 e. The minimum absolute atomic E-state index is 0.0385. The number of fused-ring (bicyclic) bond motifs is 1. The molecule has 0 spiro atoms. The van der Waals surface area contributed by atoms with Crippen molar-refractivity contribution in [1.29, 1.82) is 0 Å². The van der Waals surface area contributed by atoms with Crippen LogP contribution in [0.15, 0.2) is 42.5 Å². The molecule has 2 saturated carbocycles. The van der Waals surface area contributed by atoms with E-state index in [4.69, 9.17) is 0 Å². The molecule has 5 rings (SSSR count). The largest absolute Gasteiger partial charge is 0.366 e. The molecule has 2 amide bonds. The fourth-order valence-corrected chi connectivity index (χ4v) is 5.12. The van der Waals surface area contributed by atoms with Crippen LogP contribution in [-0.4, -0.2) is 24.4 Å². The van der Waals surface area contributed by atoms with Gasteiger partial charge in [0, 0.05) is 36.9 Å². The smallest absolute Gasteiger partial charge is 0.253 e. The molecule has 32 heavy (non-hydrogen) atoms. The maximum atomic E-state index is 13.1. The molecule has 0 aromatic heterocycles. The Hall–Kier alpha value is -2.82. The lowest BCUT2D eigenvalue weighted by Crippen LogP contribution is -2.33. The van der Waals surface area contributed by atoms with E-state index < -0.39 is 0 Å². The Kier molecular flexibility index (Phi) is 6.15. The second-order valence-corrected chi connectivity index (χ2v) is 9.66. The predicted molar refractivity (Wildman–Crippen MR) is 128 cm³/mol. The van der Waals surface area contributed by atoms with E-state index in [1.807, 2.05) is 18.2 Å². The summed E-state index contributed by atoms with van der Waals surface area (Å²) in [5, 5.41) is 6.17. The van der Waals surface area contributed by atoms with Crippen molar-refractivity contribution in [1.82, 2.24) is 5.32 Å². The zero-order valence-electron chi connectivity index (χ0n) is 18.7. The second-order valence-electron chi connectivity index (χ2n) is 9.66. The topological polar surface area (TPSA) is 61.4 Å². The van der Waals surface area contributed by atoms with Gasteiger partial charge < -0.3 is 15.5 Å². The van der Waals surface area contributed by atoms with Crippen LogP contribution in [0.25, 0.3) is 0 Å². The Balaban J connectivity index is 1.32. The monoisotopic (exact) mass is 431 g/mol. The Bertz CT molecular complexity index is 992. The molecule has 0 atom stereocenters. The quantitative estimate of drug-likeness (QED) is 0.645. The number of anilines is 2. The van der Waals surface area contributed by atoms with E-state index in [9.17, 15) is 9.59 Å². The fraction of sp³-hybridized carbons (Fsp3) is 0.481. The average Bonchev–Trinajstić information content (AvgIpc) is 3.47. The molecule has 0 radical (unpaired) electrons. The number of amides is 2. The zero-order valence-corrected chi connectivity index (χ0v) is 18.7. The third-order valence-electron chi connectivity index (χ3n) is 7.16. The van der Waals surface area contributed by atoms with Gasteiger partial charge in [-0.3, -0.25) is 9.59 Å². The first-order chi connectivity index (χ1) is 15.7. The van der Waals surface area contributed by atoms with Crippen molar-refractivity contribution in [2.75, 3.05) is 16.8 Å².